The van der Waals surface area contributed by atoms with Gasteiger partial charge in [0.25, 0.3) is 5.56 Å². The molecule has 0 spiro atoms. The molecule has 0 aliphatic rings. The van der Waals surface area contributed by atoms with E-state index in [0.717, 1.165) is 0 Å². The number of fused-ring (bicyclic) bond motifs is 1. The quantitative estimate of drug-likeness (QED) is 0.424. The van der Waals surface area contributed by atoms with Crippen molar-refractivity contribution >= 4 is 28.9 Å². The Morgan fingerprint density at radius 3 is 2.65 bits per heavy atom. The van der Waals surface area contributed by atoms with E-state index < -0.39 is 35.9 Å². The van der Waals surface area contributed by atoms with Gasteiger partial charge in [-0.1, -0.05) is 0 Å². The molecule has 1 atom stereocenters. The first kappa shape index (κ1) is 19.5. The van der Waals surface area contributed by atoms with Crippen LogP contribution in [0.4, 0.5) is 5.95 Å². The van der Waals surface area contributed by atoms with Gasteiger partial charge >= 0.3 is 0 Å². The van der Waals surface area contributed by atoms with Gasteiger partial charge in [-0.2, -0.15) is 4.98 Å². The zero-order chi connectivity index (χ0) is 19.7. The van der Waals surface area contributed by atoms with Crippen LogP contribution in [0.5, 0.6) is 0 Å². The van der Waals surface area contributed by atoms with Crippen LogP contribution in [0.25, 0.3) is 11.2 Å². The van der Waals surface area contributed by atoms with Gasteiger partial charge in [0.1, 0.15) is 6.54 Å². The van der Waals surface area contributed by atoms with Crippen molar-refractivity contribution in [2.24, 2.45) is 7.05 Å². The van der Waals surface area contributed by atoms with Crippen LogP contribution >= 0.6 is 0 Å². The topological polar surface area (TPSA) is 153 Å². The second-order valence-corrected chi connectivity index (χ2v) is 7.25. The van der Waals surface area contributed by atoms with E-state index in [1.807, 2.05) is 0 Å². The molecule has 2 heterocycles. The Morgan fingerprint density at radius 2 is 2.08 bits per heavy atom. The van der Waals surface area contributed by atoms with Crippen molar-refractivity contribution < 1.29 is 24.3 Å². The molecule has 0 aromatic carbocycles. The second-order valence-electron chi connectivity index (χ2n) is 7.25. The number of anilines is 1. The summed E-state index contributed by atoms with van der Waals surface area (Å²) in [7, 11) is 6.80. The summed E-state index contributed by atoms with van der Waals surface area (Å²) in [4.78, 5) is 46.0. The molecule has 0 bridgehead atoms. The van der Waals surface area contributed by atoms with Crippen LogP contribution in [-0.2, 0) is 16.6 Å². The van der Waals surface area contributed by atoms with Crippen molar-refractivity contribution in [3.05, 3.63) is 16.7 Å². The average Bonchev–Trinajstić information content (AvgIpc) is 2.83. The number of carboxylic acid groups (broad SMARTS) is 1. The molecule has 0 aliphatic heterocycles. The number of nitrogens with one attached hydrogen (secondary N) is 2. The van der Waals surface area contributed by atoms with Crippen molar-refractivity contribution in [2.45, 2.75) is 12.0 Å². The van der Waals surface area contributed by atoms with Gasteiger partial charge in [-0.25, -0.2) is 4.98 Å². The number of ketones is 1. The minimum atomic E-state index is -2.11. The number of rotatable bonds is 8. The van der Waals surface area contributed by atoms with Crippen LogP contribution in [0.15, 0.2) is 11.1 Å². The molecule has 2 aromatic rings. The summed E-state index contributed by atoms with van der Waals surface area (Å²) < 4.78 is 1.68. The Balaban J connectivity index is 2.19. The summed E-state index contributed by atoms with van der Waals surface area (Å²) >= 11 is 0. The third-order valence-corrected chi connectivity index (χ3v) is 3.69. The van der Waals surface area contributed by atoms with Crippen LogP contribution in [0, 0.1) is 0 Å². The molecule has 1 unspecified atom stereocenters. The number of hydrogen-bond donors (Lipinski definition) is 3. The molecule has 11 nitrogen and oxygen atoms in total. The molecule has 26 heavy (non-hydrogen) atoms. The maximum atomic E-state index is 12.5. The zero-order valence-electron chi connectivity index (χ0n) is 15.1. The highest BCUT2D eigenvalue weighted by atomic mass is 16.4. The van der Waals surface area contributed by atoms with Gasteiger partial charge in [0.15, 0.2) is 22.5 Å². The average molecular weight is 366 g/mol. The van der Waals surface area contributed by atoms with E-state index in [0.29, 0.717) is 0 Å². The van der Waals surface area contributed by atoms with Crippen LogP contribution in [0.1, 0.15) is 6.42 Å². The predicted molar refractivity (Wildman–Crippen MR) is 90.1 cm³/mol. The lowest BCUT2D eigenvalue weighted by molar-refractivity contribution is -0.875. The van der Waals surface area contributed by atoms with Gasteiger partial charge in [-0.3, -0.25) is 14.6 Å². The van der Waals surface area contributed by atoms with Gasteiger partial charge in [0, 0.05) is 19.4 Å². The number of aliphatic carboxylic acids is 1. The van der Waals surface area contributed by atoms with Crippen molar-refractivity contribution in [3.8, 4) is 0 Å². The molecular weight excluding hydrogens is 344 g/mol. The number of carboxylic acids is 1. The lowest BCUT2D eigenvalue weighted by Gasteiger charge is -2.34. The van der Waals surface area contributed by atoms with E-state index in [1.165, 1.54) is 10.9 Å². The van der Waals surface area contributed by atoms with E-state index in [2.05, 4.69) is 20.3 Å². The lowest BCUT2D eigenvalue weighted by atomic mass is 9.93. The molecule has 142 valence electrons. The number of quaternary nitrogens is 1. The number of nitrogens with zero attached hydrogens (tertiary/aromatic N) is 4. The highest BCUT2D eigenvalue weighted by Gasteiger charge is 2.40. The Morgan fingerprint density at radius 1 is 1.42 bits per heavy atom. The number of imidazole rings is 1. The number of Topliss-reactive ketones (excluding diaryl/α,β-unsaturated/α-hetero) is 1. The monoisotopic (exact) mass is 366 g/mol. The lowest BCUT2D eigenvalue weighted by Crippen LogP contribution is -2.57. The smallest absolute Gasteiger partial charge is 0.278 e. The summed E-state index contributed by atoms with van der Waals surface area (Å²) in [5, 5.41) is 24.1. The van der Waals surface area contributed by atoms with E-state index in [9.17, 15) is 24.6 Å². The number of likely N-dealkylation sites (N-methyl/N-ethyl adjacent to an activating group) is 1. The summed E-state index contributed by atoms with van der Waals surface area (Å²) in [5.74, 6) is -2.29. The molecule has 0 saturated heterocycles. The Labute approximate surface area is 148 Å². The molecule has 2 aromatic heterocycles. The number of hydrogen-bond acceptors (Lipinski definition) is 8. The maximum Gasteiger partial charge on any atom is 0.278 e. The number of aliphatic hydroxyl groups is 1. The summed E-state index contributed by atoms with van der Waals surface area (Å²) in [5.41, 5.74) is -2.08. The summed E-state index contributed by atoms with van der Waals surface area (Å²) in [6.07, 6.45) is 0.605. The Bertz CT molecular complexity index is 896. The minimum Gasteiger partial charge on any atom is -0.550 e. The molecule has 3 N–H and O–H groups in total. The maximum absolute atomic E-state index is 12.5. The zero-order valence-corrected chi connectivity index (χ0v) is 15.1. The standard InChI is InChI=1S/C15H22N6O5/c1-20-8-17-12-11(20)13(25)19-14(18-12)16-6-9(22)15(26,5-10(23)24)7-21(2,3)4/h8,26H,5-7H2,1-4H3,(H2-,16,18,19,23,24,25). The number of aromatic nitrogens is 4. The van der Waals surface area contributed by atoms with Gasteiger partial charge in [0.2, 0.25) is 5.95 Å². The fraction of sp³-hybridized carbons (Fsp3) is 0.533. The normalized spacial score (nSPS) is 14.2. The number of aromatic amines is 1. The molecule has 0 radical (unpaired) electrons. The number of carbonyl (C=O) groups excluding carboxylic acids is 2. The molecule has 0 aliphatic carbocycles. The third-order valence-electron chi connectivity index (χ3n) is 3.69. The van der Waals surface area contributed by atoms with Crippen molar-refractivity contribution in [1.82, 2.24) is 19.5 Å². The van der Waals surface area contributed by atoms with Crippen molar-refractivity contribution in [2.75, 3.05) is 39.5 Å². The van der Waals surface area contributed by atoms with Crippen molar-refractivity contribution in [1.29, 1.82) is 0 Å². The van der Waals surface area contributed by atoms with E-state index >= 15 is 0 Å². The number of carbonyl (C=O) groups is 2. The first-order valence-corrected chi connectivity index (χ1v) is 7.82. The second kappa shape index (κ2) is 6.84. The van der Waals surface area contributed by atoms with E-state index in [1.54, 1.807) is 28.2 Å². The van der Waals surface area contributed by atoms with Gasteiger partial charge in [-0.15, -0.1) is 0 Å². The summed E-state index contributed by atoms with van der Waals surface area (Å²) in [6.45, 7) is -0.546. The molecule has 2 rings (SSSR count). The van der Waals surface area contributed by atoms with Crippen LogP contribution in [0.3, 0.4) is 0 Å². The number of H-pyrrole nitrogens is 1. The van der Waals surface area contributed by atoms with Gasteiger partial charge < -0.3 is 29.4 Å². The molecule has 0 saturated carbocycles. The minimum absolute atomic E-state index is 0.00408. The Kier molecular flexibility index (Phi) is 5.14. The van der Waals surface area contributed by atoms with Gasteiger partial charge in [0.05, 0.1) is 34.0 Å². The Hall–Kier alpha value is -2.79. The number of aryl methyl sites for hydroxylation is 1. The molecule has 0 amide bonds. The fourth-order valence-electron chi connectivity index (χ4n) is 2.74. The summed E-state index contributed by atoms with van der Waals surface area (Å²) in [6, 6.07) is 0. The van der Waals surface area contributed by atoms with Crippen LogP contribution in [0.2, 0.25) is 0 Å². The molecular formula is C15H22N6O5. The highest BCUT2D eigenvalue weighted by Crippen LogP contribution is 2.16. The van der Waals surface area contributed by atoms with Crippen LogP contribution in [-0.4, -0.2) is 80.7 Å². The first-order valence-electron chi connectivity index (χ1n) is 7.82. The predicted octanol–water partition coefficient (Wildman–Crippen LogP) is -2.79. The first-order chi connectivity index (χ1) is 11.9. The SMILES string of the molecule is Cn1cnc2nc(NCC(=O)C(O)(CC(=O)[O-])C[N+](C)(C)C)[nH]c(=O)c21. The van der Waals surface area contributed by atoms with Gasteiger partial charge in [-0.05, 0) is 0 Å². The van der Waals surface area contributed by atoms with Crippen molar-refractivity contribution in [3.63, 3.8) is 0 Å². The molecule has 0 fully saturated rings. The van der Waals surface area contributed by atoms with E-state index in [-0.39, 0.29) is 28.1 Å². The van der Waals surface area contributed by atoms with E-state index in [4.69, 9.17) is 0 Å². The third kappa shape index (κ3) is 4.43. The molecule has 11 heteroatoms. The van der Waals surface area contributed by atoms with Crippen LogP contribution < -0.4 is 16.0 Å². The highest BCUT2D eigenvalue weighted by molar-refractivity contribution is 5.93. The fourth-order valence-corrected chi connectivity index (χ4v) is 2.74. The largest absolute Gasteiger partial charge is 0.550 e.